The second-order valence-electron chi connectivity index (χ2n) is 6.32. The van der Waals surface area contributed by atoms with Gasteiger partial charge in [-0.15, -0.1) is 5.10 Å². The summed E-state index contributed by atoms with van der Waals surface area (Å²) in [6.07, 6.45) is 2.53. The lowest BCUT2D eigenvalue weighted by molar-refractivity contribution is 0.879. The van der Waals surface area contributed by atoms with Crippen molar-refractivity contribution in [2.45, 2.75) is 13.3 Å². The van der Waals surface area contributed by atoms with Crippen LogP contribution in [-0.4, -0.2) is 24.1 Å². The van der Waals surface area contributed by atoms with Gasteiger partial charge in [0.2, 0.25) is 10.1 Å². The zero-order valence-corrected chi connectivity index (χ0v) is 15.8. The first-order valence-electron chi connectivity index (χ1n) is 8.90. The highest BCUT2D eigenvalue weighted by Gasteiger charge is 2.10. The summed E-state index contributed by atoms with van der Waals surface area (Å²) in [5, 5.41) is 8.21. The van der Waals surface area contributed by atoms with Gasteiger partial charge in [0.15, 0.2) is 0 Å². The number of benzene rings is 2. The van der Waals surface area contributed by atoms with Crippen molar-refractivity contribution in [2.75, 3.05) is 5.32 Å². The molecule has 3 aromatic heterocycles. The van der Waals surface area contributed by atoms with Gasteiger partial charge in [0.05, 0.1) is 11.0 Å². The molecule has 0 aliphatic heterocycles. The molecule has 0 bridgehead atoms. The van der Waals surface area contributed by atoms with E-state index < -0.39 is 0 Å². The Morgan fingerprint density at radius 1 is 1.11 bits per heavy atom. The van der Waals surface area contributed by atoms with Gasteiger partial charge in [-0.05, 0) is 36.8 Å². The van der Waals surface area contributed by atoms with E-state index in [1.165, 1.54) is 21.9 Å². The van der Waals surface area contributed by atoms with Crippen molar-refractivity contribution in [3.05, 3.63) is 77.0 Å². The fourth-order valence-electron chi connectivity index (χ4n) is 3.10. The van der Waals surface area contributed by atoms with Crippen LogP contribution in [0.25, 0.3) is 21.7 Å². The molecular formula is C20H16N6OS. The van der Waals surface area contributed by atoms with E-state index in [0.29, 0.717) is 16.5 Å². The molecule has 1 N–H and O–H groups in total. The molecule has 138 valence electrons. The quantitative estimate of drug-likeness (QED) is 0.507. The summed E-state index contributed by atoms with van der Waals surface area (Å²) in [5.74, 6) is 0. The number of fused-ring (bicyclic) bond motifs is 2. The number of aromatic nitrogens is 5. The lowest BCUT2D eigenvalue weighted by Crippen LogP contribution is -2.15. The Labute approximate surface area is 163 Å². The summed E-state index contributed by atoms with van der Waals surface area (Å²) in [6.45, 7) is 1.97. The Kier molecular flexibility index (Phi) is 3.91. The van der Waals surface area contributed by atoms with Crippen molar-refractivity contribution in [3.8, 4) is 5.69 Å². The number of nitrogens with one attached hydrogen (secondary N) is 1. The molecule has 0 amide bonds. The maximum absolute atomic E-state index is 12.2. The second-order valence-corrected chi connectivity index (χ2v) is 7.28. The smallest absolute Gasteiger partial charge is 0.275 e. The fraction of sp³-hybridized carbons (Fsp3) is 0.100. The van der Waals surface area contributed by atoms with E-state index in [-0.39, 0.29) is 5.56 Å². The lowest BCUT2D eigenvalue weighted by atomic mass is 10.2. The molecule has 0 saturated heterocycles. The minimum Gasteiger partial charge on any atom is -0.330 e. The molecule has 0 spiro atoms. The average molecular weight is 388 g/mol. The molecule has 2 aromatic carbocycles. The lowest BCUT2D eigenvalue weighted by Gasteiger charge is -2.05. The summed E-state index contributed by atoms with van der Waals surface area (Å²) < 4.78 is 3.38. The van der Waals surface area contributed by atoms with Crippen LogP contribution in [0.4, 0.5) is 10.8 Å². The van der Waals surface area contributed by atoms with E-state index in [2.05, 4.69) is 20.4 Å². The second kappa shape index (κ2) is 6.58. The highest BCUT2D eigenvalue weighted by molar-refractivity contribution is 7.20. The van der Waals surface area contributed by atoms with Crippen molar-refractivity contribution in [1.82, 2.24) is 24.1 Å². The number of rotatable bonds is 4. The first-order valence-corrected chi connectivity index (χ1v) is 9.72. The maximum Gasteiger partial charge on any atom is 0.275 e. The Balaban J connectivity index is 1.50. The molecule has 0 atom stereocenters. The predicted octanol–water partition coefficient (Wildman–Crippen LogP) is 3.80. The van der Waals surface area contributed by atoms with Gasteiger partial charge >= 0.3 is 0 Å². The van der Waals surface area contributed by atoms with Gasteiger partial charge in [0.25, 0.3) is 5.56 Å². The van der Waals surface area contributed by atoms with E-state index in [9.17, 15) is 4.79 Å². The Hall–Kier alpha value is -3.52. The number of imidazole rings is 1. The molecule has 28 heavy (non-hydrogen) atoms. The predicted molar refractivity (Wildman–Crippen MR) is 111 cm³/mol. The molecule has 3 heterocycles. The Bertz CT molecular complexity index is 1350. The van der Waals surface area contributed by atoms with Gasteiger partial charge in [-0.2, -0.15) is 4.52 Å². The van der Waals surface area contributed by atoms with E-state index in [0.717, 1.165) is 28.1 Å². The van der Waals surface area contributed by atoms with Crippen LogP contribution in [0, 0.1) is 0 Å². The van der Waals surface area contributed by atoms with E-state index in [4.69, 9.17) is 0 Å². The number of para-hydroxylation sites is 1. The Morgan fingerprint density at radius 2 is 1.96 bits per heavy atom. The topological polar surface area (TPSA) is 77.1 Å². The molecule has 0 saturated carbocycles. The first-order chi connectivity index (χ1) is 13.7. The Morgan fingerprint density at radius 3 is 2.79 bits per heavy atom. The van der Waals surface area contributed by atoms with Gasteiger partial charge in [0, 0.05) is 23.1 Å². The molecule has 5 rings (SSSR count). The monoisotopic (exact) mass is 388 g/mol. The fourth-order valence-corrected chi connectivity index (χ4v) is 3.94. The largest absolute Gasteiger partial charge is 0.330 e. The minimum absolute atomic E-state index is 0.164. The van der Waals surface area contributed by atoms with Gasteiger partial charge in [-0.3, -0.25) is 9.36 Å². The standard InChI is InChI=1S/C20H16N6OS/c1-2-13-11-18(27)26-20(23-13)28-19(24-26)22-14-8-9-17-16(10-14)21-12-25(17)15-6-4-3-5-7-15/h3-12H,2H2,1H3,(H,22,24). The molecule has 7 nitrogen and oxygen atoms in total. The van der Waals surface area contributed by atoms with Crippen LogP contribution in [0.2, 0.25) is 0 Å². The number of hydrogen-bond donors (Lipinski definition) is 1. The zero-order valence-electron chi connectivity index (χ0n) is 15.0. The van der Waals surface area contributed by atoms with Crippen molar-refractivity contribution < 1.29 is 0 Å². The van der Waals surface area contributed by atoms with Gasteiger partial charge < -0.3 is 5.32 Å². The van der Waals surface area contributed by atoms with Crippen molar-refractivity contribution in [1.29, 1.82) is 0 Å². The summed E-state index contributed by atoms with van der Waals surface area (Å²) in [5.41, 5.74) is 4.42. The summed E-state index contributed by atoms with van der Waals surface area (Å²) >= 11 is 1.35. The summed E-state index contributed by atoms with van der Waals surface area (Å²) in [4.78, 5) is 21.7. The van der Waals surface area contributed by atoms with E-state index >= 15 is 0 Å². The average Bonchev–Trinajstić information content (AvgIpc) is 3.32. The van der Waals surface area contributed by atoms with Crippen LogP contribution < -0.4 is 10.9 Å². The van der Waals surface area contributed by atoms with Crippen LogP contribution in [0.5, 0.6) is 0 Å². The molecule has 5 aromatic rings. The molecule has 0 aliphatic carbocycles. The van der Waals surface area contributed by atoms with Crippen LogP contribution in [0.15, 0.2) is 65.7 Å². The molecule has 0 aliphatic rings. The third kappa shape index (κ3) is 2.84. The number of hydrogen-bond acceptors (Lipinski definition) is 6. The number of nitrogens with zero attached hydrogens (tertiary/aromatic N) is 5. The molecule has 0 unspecified atom stereocenters. The number of anilines is 2. The van der Waals surface area contributed by atoms with Gasteiger partial charge in [-0.1, -0.05) is 36.5 Å². The van der Waals surface area contributed by atoms with Crippen molar-refractivity contribution in [2.24, 2.45) is 0 Å². The van der Waals surface area contributed by atoms with Crippen LogP contribution in [0.1, 0.15) is 12.6 Å². The highest BCUT2D eigenvalue weighted by atomic mass is 32.1. The van der Waals surface area contributed by atoms with Gasteiger partial charge in [0.1, 0.15) is 6.33 Å². The summed E-state index contributed by atoms with van der Waals surface area (Å²) in [6, 6.07) is 17.6. The zero-order chi connectivity index (χ0) is 19.1. The van der Waals surface area contributed by atoms with Crippen LogP contribution >= 0.6 is 11.3 Å². The molecular weight excluding hydrogens is 372 g/mol. The third-order valence-electron chi connectivity index (χ3n) is 4.49. The van der Waals surface area contributed by atoms with Crippen molar-refractivity contribution in [3.63, 3.8) is 0 Å². The van der Waals surface area contributed by atoms with E-state index in [1.807, 2.05) is 66.3 Å². The first kappa shape index (κ1) is 16.6. The van der Waals surface area contributed by atoms with Crippen molar-refractivity contribution >= 4 is 38.2 Å². The highest BCUT2D eigenvalue weighted by Crippen LogP contribution is 2.25. The summed E-state index contributed by atoms with van der Waals surface area (Å²) in [7, 11) is 0. The SMILES string of the molecule is CCc1cc(=O)n2nc(Nc3ccc4c(c3)ncn4-c3ccccc3)sc2n1. The van der Waals surface area contributed by atoms with Crippen LogP contribution in [0.3, 0.4) is 0 Å². The third-order valence-corrected chi connectivity index (χ3v) is 5.32. The normalized spacial score (nSPS) is 11.3. The van der Waals surface area contributed by atoms with E-state index in [1.54, 1.807) is 0 Å². The molecule has 0 radical (unpaired) electrons. The molecule has 8 heteroatoms. The number of aryl methyl sites for hydroxylation is 1. The maximum atomic E-state index is 12.2. The van der Waals surface area contributed by atoms with Gasteiger partial charge in [-0.25, -0.2) is 9.97 Å². The molecule has 0 fully saturated rings. The van der Waals surface area contributed by atoms with Crippen LogP contribution in [-0.2, 0) is 6.42 Å². The minimum atomic E-state index is -0.164.